The Balaban J connectivity index is 2.74. The van der Waals surface area contributed by atoms with E-state index in [1.807, 2.05) is 0 Å². The maximum atomic E-state index is 13.5. The minimum Gasteiger partial charge on any atom is -0.423 e. The van der Waals surface area contributed by atoms with Crippen LogP contribution in [-0.2, 0) is 0 Å². The zero-order chi connectivity index (χ0) is 10.3. The molecule has 2 rings (SSSR count). The molecule has 0 fully saturated rings. The first kappa shape index (κ1) is 9.58. The zero-order valence-corrected chi connectivity index (χ0v) is 7.68. The summed E-state index contributed by atoms with van der Waals surface area (Å²) in [7, 11) is -1.87. The van der Waals surface area contributed by atoms with Crippen molar-refractivity contribution in [2.45, 2.75) is 0 Å². The molecule has 72 valence electrons. The van der Waals surface area contributed by atoms with Gasteiger partial charge in [0.2, 0.25) is 0 Å². The number of hydrogen-bond donors (Lipinski definition) is 2. The number of benzene rings is 1. The summed E-state index contributed by atoms with van der Waals surface area (Å²) in [5.74, 6) is -0.780. The zero-order valence-electron chi connectivity index (χ0n) is 6.87. The Morgan fingerprint density at radius 1 is 1.21 bits per heavy atom. The molecule has 0 saturated heterocycles. The molecule has 0 atom stereocenters. The van der Waals surface area contributed by atoms with Crippen LogP contribution in [0.15, 0.2) is 18.2 Å². The number of rotatable bonds is 1. The lowest BCUT2D eigenvalue weighted by atomic mass is 9.79. The van der Waals surface area contributed by atoms with E-state index in [2.05, 4.69) is 0 Å². The molecule has 2 N–H and O–H groups in total. The highest BCUT2D eigenvalue weighted by molar-refractivity contribution is 7.17. The van der Waals surface area contributed by atoms with Crippen molar-refractivity contribution in [2.75, 3.05) is 0 Å². The molecule has 0 aliphatic carbocycles. The molecule has 0 aliphatic rings. The van der Waals surface area contributed by atoms with E-state index in [0.29, 0.717) is 4.70 Å². The smallest absolute Gasteiger partial charge is 0.423 e. The van der Waals surface area contributed by atoms with E-state index in [1.165, 1.54) is 12.1 Å². The van der Waals surface area contributed by atoms with Crippen LogP contribution >= 0.6 is 11.3 Å². The molecule has 0 aliphatic heterocycles. The van der Waals surface area contributed by atoms with Gasteiger partial charge in [0.1, 0.15) is 5.82 Å². The molecular weight excluding hydrogens is 209 g/mol. The SMILES string of the molecule is OB(O)c1ccc2sc(F)cc2c1F. The van der Waals surface area contributed by atoms with Crippen molar-refractivity contribution in [2.24, 2.45) is 0 Å². The van der Waals surface area contributed by atoms with Crippen molar-refractivity contribution in [3.8, 4) is 0 Å². The Morgan fingerprint density at radius 2 is 1.93 bits per heavy atom. The third kappa shape index (κ3) is 1.41. The predicted molar refractivity (Wildman–Crippen MR) is 51.6 cm³/mol. The summed E-state index contributed by atoms with van der Waals surface area (Å²) >= 11 is 0.817. The molecule has 2 nitrogen and oxygen atoms in total. The maximum absolute atomic E-state index is 13.5. The summed E-state index contributed by atoms with van der Waals surface area (Å²) in [6.45, 7) is 0. The maximum Gasteiger partial charge on any atom is 0.491 e. The summed E-state index contributed by atoms with van der Waals surface area (Å²) < 4.78 is 26.7. The van der Waals surface area contributed by atoms with Crippen molar-refractivity contribution in [3.63, 3.8) is 0 Å². The van der Waals surface area contributed by atoms with Crippen molar-refractivity contribution in [3.05, 3.63) is 29.1 Å². The van der Waals surface area contributed by atoms with Gasteiger partial charge in [-0.05, 0) is 12.1 Å². The number of thiophene rings is 1. The average Bonchev–Trinajstić information content (AvgIpc) is 2.46. The first-order valence-electron chi connectivity index (χ1n) is 3.83. The molecule has 0 unspecified atom stereocenters. The van der Waals surface area contributed by atoms with E-state index in [4.69, 9.17) is 10.0 Å². The van der Waals surface area contributed by atoms with Gasteiger partial charge in [-0.2, -0.15) is 4.39 Å². The highest BCUT2D eigenvalue weighted by Crippen LogP contribution is 2.25. The molecule has 0 radical (unpaired) electrons. The van der Waals surface area contributed by atoms with Crippen LogP contribution in [0.25, 0.3) is 10.1 Å². The van der Waals surface area contributed by atoms with E-state index in [9.17, 15) is 8.78 Å². The van der Waals surface area contributed by atoms with E-state index in [-0.39, 0.29) is 10.8 Å². The van der Waals surface area contributed by atoms with Crippen LogP contribution in [0.1, 0.15) is 0 Å². The lowest BCUT2D eigenvalue weighted by molar-refractivity contribution is 0.423. The fourth-order valence-electron chi connectivity index (χ4n) is 1.26. The molecule has 1 heterocycles. The predicted octanol–water partition coefficient (Wildman–Crippen LogP) is 0.859. The third-order valence-electron chi connectivity index (χ3n) is 1.91. The number of fused-ring (bicyclic) bond motifs is 1. The van der Waals surface area contributed by atoms with Gasteiger partial charge in [0.05, 0.1) is 0 Å². The normalized spacial score (nSPS) is 10.9. The van der Waals surface area contributed by atoms with E-state index >= 15 is 0 Å². The summed E-state index contributed by atoms with van der Waals surface area (Å²) in [5.41, 5.74) is -0.240. The fraction of sp³-hybridized carbons (Fsp3) is 0. The first-order chi connectivity index (χ1) is 6.59. The van der Waals surface area contributed by atoms with Gasteiger partial charge in [-0.1, -0.05) is 6.07 Å². The van der Waals surface area contributed by atoms with Gasteiger partial charge in [-0.3, -0.25) is 0 Å². The summed E-state index contributed by atoms with van der Waals surface area (Å²) in [6.07, 6.45) is 0. The summed E-state index contributed by atoms with van der Waals surface area (Å²) in [4.78, 5) is 0. The molecular formula is C8H5BF2O2S. The average molecular weight is 214 g/mol. The summed E-state index contributed by atoms with van der Waals surface area (Å²) in [6, 6.07) is 3.74. The molecule has 14 heavy (non-hydrogen) atoms. The van der Waals surface area contributed by atoms with Gasteiger partial charge in [0.25, 0.3) is 0 Å². The van der Waals surface area contributed by atoms with Gasteiger partial charge in [0.15, 0.2) is 5.13 Å². The van der Waals surface area contributed by atoms with Gasteiger partial charge in [0, 0.05) is 15.5 Å². The van der Waals surface area contributed by atoms with Crippen molar-refractivity contribution < 1.29 is 18.8 Å². The van der Waals surface area contributed by atoms with Gasteiger partial charge in [-0.15, -0.1) is 11.3 Å². The topological polar surface area (TPSA) is 40.5 Å². The number of hydrogen-bond acceptors (Lipinski definition) is 3. The Bertz CT molecular complexity index is 483. The molecule has 1 aromatic heterocycles. The van der Waals surface area contributed by atoms with Crippen LogP contribution in [0.2, 0.25) is 0 Å². The second-order valence-electron chi connectivity index (χ2n) is 2.80. The Kier molecular flexibility index (Phi) is 2.26. The highest BCUT2D eigenvalue weighted by atomic mass is 32.1. The molecule has 6 heteroatoms. The molecule has 1 aromatic carbocycles. The Hall–Kier alpha value is -0.975. The van der Waals surface area contributed by atoms with Gasteiger partial charge < -0.3 is 10.0 Å². The lowest BCUT2D eigenvalue weighted by Crippen LogP contribution is -2.32. The fourth-order valence-corrected chi connectivity index (χ4v) is 2.04. The minimum absolute atomic E-state index is 0.0816. The van der Waals surface area contributed by atoms with E-state index in [0.717, 1.165) is 17.4 Å². The molecule has 0 bridgehead atoms. The Morgan fingerprint density at radius 3 is 2.57 bits per heavy atom. The minimum atomic E-state index is -1.87. The van der Waals surface area contributed by atoms with Crippen molar-refractivity contribution >= 4 is 34.0 Å². The van der Waals surface area contributed by atoms with Crippen molar-refractivity contribution in [1.29, 1.82) is 0 Å². The second kappa shape index (κ2) is 3.31. The number of halogens is 2. The van der Waals surface area contributed by atoms with Gasteiger partial charge >= 0.3 is 7.12 Å². The van der Waals surface area contributed by atoms with E-state index in [1.54, 1.807) is 0 Å². The largest absolute Gasteiger partial charge is 0.491 e. The van der Waals surface area contributed by atoms with Crippen LogP contribution < -0.4 is 5.46 Å². The molecule has 0 spiro atoms. The Labute approximate surface area is 82.6 Å². The first-order valence-corrected chi connectivity index (χ1v) is 4.65. The monoisotopic (exact) mass is 214 g/mol. The van der Waals surface area contributed by atoms with Crippen LogP contribution in [0.3, 0.4) is 0 Å². The summed E-state index contributed by atoms with van der Waals surface area (Å²) in [5, 5.41) is 17.2. The highest BCUT2D eigenvalue weighted by Gasteiger charge is 2.19. The molecule has 2 aromatic rings. The second-order valence-corrected chi connectivity index (χ2v) is 3.84. The quantitative estimate of drug-likeness (QED) is 0.691. The van der Waals surface area contributed by atoms with Gasteiger partial charge in [-0.25, -0.2) is 4.39 Å². The third-order valence-corrected chi connectivity index (χ3v) is 2.80. The van der Waals surface area contributed by atoms with Crippen LogP contribution in [0, 0.1) is 10.9 Å². The van der Waals surface area contributed by atoms with Crippen LogP contribution in [0.4, 0.5) is 8.78 Å². The standard InChI is InChI=1S/C8H5BF2O2S/c10-7-3-4-6(14-7)2-1-5(8(4)11)9(12)13/h1-3,12-13H. The molecule has 0 saturated carbocycles. The van der Waals surface area contributed by atoms with E-state index < -0.39 is 18.1 Å². The van der Waals surface area contributed by atoms with Crippen molar-refractivity contribution in [1.82, 2.24) is 0 Å². The molecule has 0 amide bonds. The van der Waals surface area contributed by atoms with Crippen LogP contribution in [0.5, 0.6) is 0 Å². The van der Waals surface area contributed by atoms with Crippen LogP contribution in [-0.4, -0.2) is 17.2 Å². The lowest BCUT2D eigenvalue weighted by Gasteiger charge is -2.01.